The minimum absolute atomic E-state index is 0.907. The summed E-state index contributed by atoms with van der Waals surface area (Å²) in [5.41, 5.74) is 13.5. The number of nitrogens with zero attached hydrogens (tertiary/aromatic N) is 2. The quantitative estimate of drug-likeness (QED) is 0.175. The molecule has 0 fully saturated rings. The van der Waals surface area contributed by atoms with Gasteiger partial charge in [0.05, 0.1) is 22.1 Å². The lowest BCUT2D eigenvalue weighted by Crippen LogP contribution is -1.96. The van der Waals surface area contributed by atoms with Crippen LogP contribution in [0.5, 0.6) is 0 Å². The molecule has 0 aliphatic rings. The second-order valence-electron chi connectivity index (χ2n) is 15.2. The molecule has 0 bridgehead atoms. The third-order valence-corrected chi connectivity index (χ3v) is 13.3. The van der Waals surface area contributed by atoms with Gasteiger partial charge in [-0.3, -0.25) is 0 Å². The van der Waals surface area contributed by atoms with Crippen molar-refractivity contribution in [2.24, 2.45) is 0 Å². The van der Waals surface area contributed by atoms with E-state index in [0.29, 0.717) is 0 Å². The van der Waals surface area contributed by atoms with E-state index in [4.69, 9.17) is 4.42 Å². The van der Waals surface area contributed by atoms with Crippen LogP contribution in [0.15, 0.2) is 199 Å². The maximum absolute atomic E-state index is 6.69. The van der Waals surface area contributed by atoms with Crippen molar-refractivity contribution in [2.75, 3.05) is 0 Å². The van der Waals surface area contributed by atoms with Gasteiger partial charge in [-0.25, -0.2) is 0 Å². The molecule has 58 heavy (non-hydrogen) atoms. The molecule has 0 saturated heterocycles. The summed E-state index contributed by atoms with van der Waals surface area (Å²) in [6, 6.07) is 70.7. The predicted molar refractivity (Wildman–Crippen MR) is 246 cm³/mol. The fraction of sp³-hybridized carbons (Fsp3) is 0. The highest BCUT2D eigenvalue weighted by molar-refractivity contribution is 7.26. The SMILES string of the molecule is c1ccc(-n2c3ccccc3c3cccc(-c4ccc5c6ccccc6n(-c6cc(-c7cccc8c7oc7ccccc78)c7sc8ccccc8c7c6)c5c4)c32)cc1. The minimum atomic E-state index is 0.907. The second-order valence-corrected chi connectivity index (χ2v) is 16.3. The van der Waals surface area contributed by atoms with Crippen LogP contribution in [-0.2, 0) is 0 Å². The van der Waals surface area contributed by atoms with Crippen LogP contribution in [0.3, 0.4) is 0 Å². The van der Waals surface area contributed by atoms with Gasteiger partial charge in [-0.1, -0.05) is 140 Å². The summed E-state index contributed by atoms with van der Waals surface area (Å²) in [6.45, 7) is 0. The summed E-state index contributed by atoms with van der Waals surface area (Å²) < 4.78 is 14.1. The molecule has 9 aromatic carbocycles. The zero-order valence-electron chi connectivity index (χ0n) is 31.2. The van der Waals surface area contributed by atoms with Crippen LogP contribution in [0.2, 0.25) is 0 Å². The minimum Gasteiger partial charge on any atom is -0.455 e. The van der Waals surface area contributed by atoms with Crippen molar-refractivity contribution >= 4 is 97.1 Å². The lowest BCUT2D eigenvalue weighted by atomic mass is 9.99. The average molecular weight is 757 g/mol. The van der Waals surface area contributed by atoms with Gasteiger partial charge in [0.25, 0.3) is 0 Å². The fourth-order valence-electron chi connectivity index (χ4n) is 9.61. The van der Waals surface area contributed by atoms with Crippen molar-refractivity contribution in [2.45, 2.75) is 0 Å². The monoisotopic (exact) mass is 756 g/mol. The number of rotatable bonds is 4. The normalized spacial score (nSPS) is 12.1. The molecule has 0 spiro atoms. The molecule has 13 rings (SSSR count). The fourth-order valence-corrected chi connectivity index (χ4v) is 10.8. The largest absolute Gasteiger partial charge is 0.455 e. The predicted octanol–water partition coefficient (Wildman–Crippen LogP) is 15.5. The number of hydrogen-bond acceptors (Lipinski definition) is 2. The first-order chi connectivity index (χ1) is 28.8. The average Bonchev–Trinajstić information content (AvgIpc) is 4.04. The standard InChI is InChI=1S/C54H32N2OS/c1-2-14-34(15-3-1)56-48-25-9-5-17-38(48)42-21-12-20-36(52(42)56)33-28-29-39-37-16-4-8-24-47(37)55(49(39)30-33)35-31-45-41-19-7-11-27-51(41)58-54(45)46(32-35)44-23-13-22-43-40-18-6-10-26-50(40)57-53(43)44/h1-32H. The Kier molecular flexibility index (Phi) is 6.60. The maximum atomic E-state index is 6.69. The van der Waals surface area contributed by atoms with Crippen LogP contribution in [0.1, 0.15) is 0 Å². The molecular formula is C54H32N2OS. The van der Waals surface area contributed by atoms with Crippen LogP contribution in [-0.4, -0.2) is 9.13 Å². The van der Waals surface area contributed by atoms with Gasteiger partial charge < -0.3 is 13.6 Å². The van der Waals surface area contributed by atoms with E-state index in [1.54, 1.807) is 0 Å². The number of aromatic nitrogens is 2. The van der Waals surface area contributed by atoms with Crippen molar-refractivity contribution < 1.29 is 4.42 Å². The highest BCUT2D eigenvalue weighted by Crippen LogP contribution is 2.46. The number of benzene rings is 9. The molecule has 0 N–H and O–H groups in total. The Morgan fingerprint density at radius 3 is 1.84 bits per heavy atom. The van der Waals surface area contributed by atoms with Gasteiger partial charge >= 0.3 is 0 Å². The van der Waals surface area contributed by atoms with E-state index in [1.807, 2.05) is 17.4 Å². The van der Waals surface area contributed by atoms with E-state index < -0.39 is 0 Å². The van der Waals surface area contributed by atoms with Crippen molar-refractivity contribution in [3.8, 4) is 33.6 Å². The zero-order valence-corrected chi connectivity index (χ0v) is 32.0. The Labute approximate surface area is 336 Å². The maximum Gasteiger partial charge on any atom is 0.143 e. The second kappa shape index (κ2) is 12.1. The topological polar surface area (TPSA) is 23.0 Å². The first-order valence-electron chi connectivity index (χ1n) is 19.8. The summed E-state index contributed by atoms with van der Waals surface area (Å²) >= 11 is 1.86. The molecule has 270 valence electrons. The Morgan fingerprint density at radius 1 is 0.362 bits per heavy atom. The number of fused-ring (bicyclic) bond motifs is 12. The van der Waals surface area contributed by atoms with Crippen LogP contribution in [0, 0.1) is 0 Å². The Hall–Kier alpha value is -7.40. The molecule has 0 aliphatic carbocycles. The lowest BCUT2D eigenvalue weighted by molar-refractivity contribution is 0.670. The van der Waals surface area contributed by atoms with Crippen LogP contribution in [0.25, 0.3) is 119 Å². The Balaban J connectivity index is 1.12. The number of hydrogen-bond donors (Lipinski definition) is 0. The van der Waals surface area contributed by atoms with E-state index in [0.717, 1.165) is 38.9 Å². The molecular weight excluding hydrogens is 725 g/mol. The van der Waals surface area contributed by atoms with Crippen molar-refractivity contribution in [1.29, 1.82) is 0 Å². The summed E-state index contributed by atoms with van der Waals surface area (Å²) in [4.78, 5) is 0. The van der Waals surface area contributed by atoms with E-state index in [9.17, 15) is 0 Å². The van der Waals surface area contributed by atoms with Gasteiger partial charge in [-0.15, -0.1) is 11.3 Å². The molecule has 4 aromatic heterocycles. The van der Waals surface area contributed by atoms with Gasteiger partial charge in [0.1, 0.15) is 11.2 Å². The molecule has 4 heterocycles. The van der Waals surface area contributed by atoms with E-state index in [-0.39, 0.29) is 0 Å². The van der Waals surface area contributed by atoms with Crippen LogP contribution >= 0.6 is 11.3 Å². The molecule has 0 amide bonds. The van der Waals surface area contributed by atoms with Gasteiger partial charge in [0, 0.05) is 80.6 Å². The third-order valence-electron chi connectivity index (χ3n) is 12.1. The first kappa shape index (κ1) is 31.8. The zero-order chi connectivity index (χ0) is 37.9. The highest BCUT2D eigenvalue weighted by Gasteiger charge is 2.22. The van der Waals surface area contributed by atoms with E-state index in [2.05, 4.69) is 197 Å². The van der Waals surface area contributed by atoms with Gasteiger partial charge in [0.2, 0.25) is 0 Å². The number of thiophene rings is 1. The van der Waals surface area contributed by atoms with E-state index in [1.165, 1.54) is 80.5 Å². The molecule has 0 unspecified atom stereocenters. The molecule has 3 nitrogen and oxygen atoms in total. The number of para-hydroxylation sites is 6. The highest BCUT2D eigenvalue weighted by atomic mass is 32.1. The Bertz CT molecular complexity index is 3800. The molecule has 0 radical (unpaired) electrons. The van der Waals surface area contributed by atoms with Crippen LogP contribution < -0.4 is 0 Å². The summed E-state index contributed by atoms with van der Waals surface area (Å²) in [6.07, 6.45) is 0. The summed E-state index contributed by atoms with van der Waals surface area (Å²) in [7, 11) is 0. The van der Waals surface area contributed by atoms with Crippen molar-refractivity contribution in [3.05, 3.63) is 194 Å². The van der Waals surface area contributed by atoms with Gasteiger partial charge in [0.15, 0.2) is 0 Å². The molecule has 0 atom stereocenters. The molecule has 4 heteroatoms. The van der Waals surface area contributed by atoms with Gasteiger partial charge in [-0.05, 0) is 60.2 Å². The van der Waals surface area contributed by atoms with Crippen molar-refractivity contribution in [3.63, 3.8) is 0 Å². The smallest absolute Gasteiger partial charge is 0.143 e. The number of furan rings is 1. The lowest BCUT2D eigenvalue weighted by Gasteiger charge is -2.14. The van der Waals surface area contributed by atoms with Gasteiger partial charge in [-0.2, -0.15) is 0 Å². The molecule has 0 aliphatic heterocycles. The van der Waals surface area contributed by atoms with Crippen LogP contribution in [0.4, 0.5) is 0 Å². The Morgan fingerprint density at radius 2 is 1.00 bits per heavy atom. The molecule has 0 saturated carbocycles. The summed E-state index contributed by atoms with van der Waals surface area (Å²) in [5, 5.41) is 9.75. The van der Waals surface area contributed by atoms with E-state index >= 15 is 0 Å². The molecule has 13 aromatic rings. The first-order valence-corrected chi connectivity index (χ1v) is 20.6. The van der Waals surface area contributed by atoms with Crippen molar-refractivity contribution in [1.82, 2.24) is 9.13 Å². The third kappa shape index (κ3) is 4.43. The summed E-state index contributed by atoms with van der Waals surface area (Å²) in [5.74, 6) is 0.